The Hall–Kier alpha value is -2.34. The Morgan fingerprint density at radius 2 is 2.05 bits per heavy atom. The molecule has 3 aromatic rings. The van der Waals surface area contributed by atoms with Crippen molar-refractivity contribution < 1.29 is 9.26 Å². The van der Waals surface area contributed by atoms with Crippen molar-refractivity contribution in [2.45, 2.75) is 6.61 Å². The van der Waals surface area contributed by atoms with E-state index < -0.39 is 0 Å². The van der Waals surface area contributed by atoms with Crippen LogP contribution in [0, 0.1) is 0 Å². The Labute approximate surface area is 113 Å². The fourth-order valence-corrected chi connectivity index (χ4v) is 2.17. The molecule has 0 atom stereocenters. The van der Waals surface area contributed by atoms with Crippen molar-refractivity contribution in [2.75, 3.05) is 5.73 Å². The number of benzene rings is 1. The number of nitrogens with two attached hydrogens (primary N) is 1. The van der Waals surface area contributed by atoms with Crippen LogP contribution in [0.25, 0.3) is 10.8 Å². The van der Waals surface area contributed by atoms with E-state index in [1.165, 1.54) is 0 Å². The third-order valence-electron chi connectivity index (χ3n) is 2.45. The molecule has 0 amide bonds. The van der Waals surface area contributed by atoms with Crippen LogP contribution in [-0.2, 0) is 6.61 Å². The lowest BCUT2D eigenvalue weighted by Crippen LogP contribution is -1.97. The number of rotatable bonds is 4. The Morgan fingerprint density at radius 1 is 1.21 bits per heavy atom. The molecule has 0 unspecified atom stereocenters. The Balaban J connectivity index is 1.66. The van der Waals surface area contributed by atoms with Crippen LogP contribution >= 0.6 is 11.3 Å². The van der Waals surface area contributed by atoms with Crippen LogP contribution in [0.4, 0.5) is 5.69 Å². The fourth-order valence-electron chi connectivity index (χ4n) is 1.52. The van der Waals surface area contributed by atoms with Gasteiger partial charge in [-0.3, -0.25) is 0 Å². The fraction of sp³-hybridized carbons (Fsp3) is 0.0769. The molecular weight excluding hydrogens is 262 g/mol. The monoisotopic (exact) mass is 273 g/mol. The summed E-state index contributed by atoms with van der Waals surface area (Å²) in [6.07, 6.45) is 0. The Bertz CT molecular complexity index is 647. The van der Waals surface area contributed by atoms with Gasteiger partial charge in [0.25, 0.3) is 5.89 Å². The van der Waals surface area contributed by atoms with Gasteiger partial charge in [0, 0.05) is 5.69 Å². The van der Waals surface area contributed by atoms with Gasteiger partial charge < -0.3 is 15.0 Å². The summed E-state index contributed by atoms with van der Waals surface area (Å²) in [6, 6.07) is 11.0. The molecular formula is C13H11N3O2S. The minimum absolute atomic E-state index is 0.263. The van der Waals surface area contributed by atoms with Gasteiger partial charge in [-0.05, 0) is 35.7 Å². The summed E-state index contributed by atoms with van der Waals surface area (Å²) in [6.45, 7) is 0.263. The van der Waals surface area contributed by atoms with Crippen molar-refractivity contribution in [3.63, 3.8) is 0 Å². The van der Waals surface area contributed by atoms with E-state index in [0.717, 1.165) is 10.6 Å². The quantitative estimate of drug-likeness (QED) is 0.740. The molecule has 1 aromatic carbocycles. The molecule has 2 heterocycles. The molecule has 2 aromatic heterocycles. The zero-order valence-electron chi connectivity index (χ0n) is 9.95. The highest BCUT2D eigenvalue weighted by molar-refractivity contribution is 7.13. The highest BCUT2D eigenvalue weighted by Crippen LogP contribution is 2.22. The van der Waals surface area contributed by atoms with E-state index in [-0.39, 0.29) is 6.61 Å². The lowest BCUT2D eigenvalue weighted by molar-refractivity contribution is 0.287. The number of thiophene rings is 1. The first-order valence-corrected chi connectivity index (χ1v) is 6.54. The summed E-state index contributed by atoms with van der Waals surface area (Å²) in [5.74, 6) is 1.75. The molecule has 2 N–H and O–H groups in total. The van der Waals surface area contributed by atoms with E-state index in [9.17, 15) is 0 Å². The zero-order valence-corrected chi connectivity index (χ0v) is 10.8. The third kappa shape index (κ3) is 2.74. The summed E-state index contributed by atoms with van der Waals surface area (Å²) in [5.41, 5.74) is 6.30. The van der Waals surface area contributed by atoms with E-state index in [1.54, 1.807) is 35.6 Å². The van der Waals surface area contributed by atoms with Crippen LogP contribution < -0.4 is 10.5 Å². The molecule has 0 spiro atoms. The molecule has 0 aliphatic rings. The van der Waals surface area contributed by atoms with Crippen LogP contribution in [0.1, 0.15) is 5.82 Å². The molecule has 0 saturated heterocycles. The number of nitrogen functional groups attached to an aromatic ring is 1. The molecule has 96 valence electrons. The van der Waals surface area contributed by atoms with E-state index in [1.807, 2.05) is 17.5 Å². The molecule has 19 heavy (non-hydrogen) atoms. The van der Waals surface area contributed by atoms with Gasteiger partial charge in [-0.1, -0.05) is 11.2 Å². The third-order valence-corrected chi connectivity index (χ3v) is 3.31. The number of ether oxygens (including phenoxy) is 1. The van der Waals surface area contributed by atoms with Gasteiger partial charge >= 0.3 is 0 Å². The van der Waals surface area contributed by atoms with Crippen LogP contribution in [0.15, 0.2) is 46.3 Å². The molecule has 0 fully saturated rings. The predicted octanol–water partition coefficient (Wildman–Crippen LogP) is 2.96. The van der Waals surface area contributed by atoms with Crippen molar-refractivity contribution in [1.82, 2.24) is 10.1 Å². The lowest BCUT2D eigenvalue weighted by atomic mass is 10.3. The number of hydrogen-bond acceptors (Lipinski definition) is 6. The second kappa shape index (κ2) is 5.11. The Morgan fingerprint density at radius 3 is 2.79 bits per heavy atom. The van der Waals surface area contributed by atoms with E-state index in [2.05, 4.69) is 10.1 Å². The van der Waals surface area contributed by atoms with Crippen molar-refractivity contribution >= 4 is 17.0 Å². The summed E-state index contributed by atoms with van der Waals surface area (Å²) in [4.78, 5) is 5.22. The van der Waals surface area contributed by atoms with Crippen molar-refractivity contribution in [1.29, 1.82) is 0 Å². The van der Waals surface area contributed by atoms with Gasteiger partial charge in [-0.25, -0.2) is 0 Å². The minimum Gasteiger partial charge on any atom is -0.485 e. The maximum Gasteiger partial charge on any atom is 0.268 e. The first-order valence-electron chi connectivity index (χ1n) is 5.66. The molecule has 0 aliphatic heterocycles. The number of hydrogen-bond donors (Lipinski definition) is 1. The van der Waals surface area contributed by atoms with Gasteiger partial charge in [0.1, 0.15) is 5.75 Å². The minimum atomic E-state index is 0.263. The molecule has 5 nitrogen and oxygen atoms in total. The van der Waals surface area contributed by atoms with E-state index in [0.29, 0.717) is 17.4 Å². The summed E-state index contributed by atoms with van der Waals surface area (Å²) < 4.78 is 10.7. The van der Waals surface area contributed by atoms with Gasteiger partial charge in [-0.2, -0.15) is 4.98 Å². The average Bonchev–Trinajstić information content (AvgIpc) is 3.09. The maximum absolute atomic E-state index is 5.60. The molecule has 0 radical (unpaired) electrons. The molecule has 6 heteroatoms. The maximum atomic E-state index is 5.60. The summed E-state index contributed by atoms with van der Waals surface area (Å²) >= 11 is 1.55. The van der Waals surface area contributed by atoms with Crippen LogP contribution in [0.5, 0.6) is 5.75 Å². The SMILES string of the molecule is Nc1ccc(OCc2noc(-c3cccs3)n2)cc1. The standard InChI is InChI=1S/C13H11N3O2S/c14-9-3-5-10(6-4-9)17-8-12-15-13(18-16-12)11-2-1-7-19-11/h1-7H,8,14H2. The number of nitrogens with zero attached hydrogens (tertiary/aromatic N) is 2. The van der Waals surface area contributed by atoms with Crippen molar-refractivity contribution in [3.8, 4) is 16.5 Å². The first-order chi connectivity index (χ1) is 9.31. The number of anilines is 1. The molecule has 3 rings (SSSR count). The predicted molar refractivity (Wildman–Crippen MR) is 72.8 cm³/mol. The first kappa shape index (κ1) is 11.7. The van der Waals surface area contributed by atoms with E-state index >= 15 is 0 Å². The van der Waals surface area contributed by atoms with Gasteiger partial charge in [0.2, 0.25) is 5.82 Å². The highest BCUT2D eigenvalue weighted by Gasteiger charge is 2.09. The Kier molecular flexibility index (Phi) is 3.16. The van der Waals surface area contributed by atoms with Gasteiger partial charge in [0.05, 0.1) is 4.88 Å². The molecule has 0 bridgehead atoms. The summed E-state index contributed by atoms with van der Waals surface area (Å²) in [5, 5.41) is 5.84. The molecule has 0 saturated carbocycles. The van der Waals surface area contributed by atoms with Crippen LogP contribution in [0.2, 0.25) is 0 Å². The summed E-state index contributed by atoms with van der Waals surface area (Å²) in [7, 11) is 0. The largest absolute Gasteiger partial charge is 0.485 e. The second-order valence-corrected chi connectivity index (χ2v) is 4.80. The van der Waals surface area contributed by atoms with Crippen molar-refractivity contribution in [2.24, 2.45) is 0 Å². The van der Waals surface area contributed by atoms with Gasteiger partial charge in [-0.15, -0.1) is 11.3 Å². The zero-order chi connectivity index (χ0) is 13.1. The topological polar surface area (TPSA) is 74.2 Å². The number of aromatic nitrogens is 2. The normalized spacial score (nSPS) is 10.5. The second-order valence-electron chi connectivity index (χ2n) is 3.85. The lowest BCUT2D eigenvalue weighted by Gasteiger charge is -2.02. The van der Waals surface area contributed by atoms with Crippen LogP contribution in [-0.4, -0.2) is 10.1 Å². The van der Waals surface area contributed by atoms with Crippen molar-refractivity contribution in [3.05, 3.63) is 47.6 Å². The smallest absolute Gasteiger partial charge is 0.268 e. The average molecular weight is 273 g/mol. The molecule has 0 aliphatic carbocycles. The van der Waals surface area contributed by atoms with Crippen LogP contribution in [0.3, 0.4) is 0 Å². The highest BCUT2D eigenvalue weighted by atomic mass is 32.1. The van der Waals surface area contributed by atoms with E-state index in [4.69, 9.17) is 15.0 Å². The van der Waals surface area contributed by atoms with Gasteiger partial charge in [0.15, 0.2) is 6.61 Å².